The number of rotatable bonds is 17. The first-order valence-electron chi connectivity index (χ1n) is 23.4. The molecule has 7 heteroatoms. The molecule has 0 bridgehead atoms. The molecule has 0 radical (unpaired) electrons. The van der Waals surface area contributed by atoms with E-state index in [1.165, 1.54) is 88.2 Å². The molecule has 0 aromatic carbocycles. The molecule has 4 aliphatic carbocycles. The van der Waals surface area contributed by atoms with Gasteiger partial charge in [0.2, 0.25) is 0 Å². The van der Waals surface area contributed by atoms with Gasteiger partial charge in [0.1, 0.15) is 0 Å². The minimum absolute atomic E-state index is 0.00104. The van der Waals surface area contributed by atoms with Crippen LogP contribution in [-0.4, -0.2) is 59.1 Å². The van der Waals surface area contributed by atoms with E-state index in [0.717, 1.165) is 32.1 Å². The molecule has 322 valence electrons. The summed E-state index contributed by atoms with van der Waals surface area (Å²) in [6, 6.07) is 0. The predicted molar refractivity (Wildman–Crippen MR) is 241 cm³/mol. The largest absolute Gasteiger partial charge is 0.413 e. The lowest BCUT2D eigenvalue weighted by Crippen LogP contribution is -2.49. The summed E-state index contributed by atoms with van der Waals surface area (Å²) in [5.74, 6) is 0.985. The van der Waals surface area contributed by atoms with Gasteiger partial charge in [0, 0.05) is 18.3 Å². The van der Waals surface area contributed by atoms with E-state index in [4.69, 9.17) is 24.9 Å². The Balaban J connectivity index is 1.28. The molecule has 1 N–H and O–H groups in total. The zero-order chi connectivity index (χ0) is 41.4. The lowest BCUT2D eigenvalue weighted by molar-refractivity contribution is -0.215. The summed E-state index contributed by atoms with van der Waals surface area (Å²) in [5, 5.41) is 12.2. The highest BCUT2D eigenvalue weighted by molar-refractivity contribution is 6.74. The third kappa shape index (κ3) is 9.97. The van der Waals surface area contributed by atoms with Gasteiger partial charge in [-0.25, -0.2) is 0 Å². The molecule has 0 unspecified atom stereocenters. The maximum absolute atomic E-state index is 11.9. The summed E-state index contributed by atoms with van der Waals surface area (Å²) in [7, 11) is -3.98. The number of aliphatic hydroxyl groups is 1. The van der Waals surface area contributed by atoms with E-state index in [-0.39, 0.29) is 45.1 Å². The third-order valence-corrected chi connectivity index (χ3v) is 26.0. The van der Waals surface area contributed by atoms with Gasteiger partial charge in [0.25, 0.3) is 0 Å². The number of fused-ring (bicyclic) bond motifs is 1. The van der Waals surface area contributed by atoms with Crippen LogP contribution in [-0.2, 0) is 18.3 Å². The Morgan fingerprint density at radius 2 is 1.50 bits per heavy atom. The second-order valence-electron chi connectivity index (χ2n) is 22.7. The topological polar surface area (TPSA) is 57.2 Å². The third-order valence-electron chi connectivity index (χ3n) is 17.0. The molecule has 7 atom stereocenters. The highest BCUT2D eigenvalue weighted by Crippen LogP contribution is 2.63. The summed E-state index contributed by atoms with van der Waals surface area (Å²) < 4.78 is 27.3. The molecular weight excluding hydrogens is 725 g/mol. The molecular formula is C49H88O5Si2. The van der Waals surface area contributed by atoms with Gasteiger partial charge in [-0.3, -0.25) is 0 Å². The number of unbranched alkanes of at least 4 members (excludes halogenated alkanes) is 4. The molecule has 5 rings (SSSR count). The van der Waals surface area contributed by atoms with Crippen molar-refractivity contribution in [2.75, 3.05) is 13.2 Å². The van der Waals surface area contributed by atoms with Crippen LogP contribution in [0.2, 0.25) is 36.3 Å². The van der Waals surface area contributed by atoms with Gasteiger partial charge in [-0.2, -0.15) is 0 Å². The van der Waals surface area contributed by atoms with E-state index in [1.807, 2.05) is 0 Å². The first-order valence-corrected chi connectivity index (χ1v) is 29.2. The van der Waals surface area contributed by atoms with Crippen molar-refractivity contribution in [2.24, 2.45) is 28.6 Å². The van der Waals surface area contributed by atoms with E-state index in [1.54, 1.807) is 5.57 Å². The van der Waals surface area contributed by atoms with Gasteiger partial charge in [-0.1, -0.05) is 112 Å². The molecule has 0 aromatic heterocycles. The fraction of sp³-hybridized carbons (Fsp3) is 0.878. The van der Waals surface area contributed by atoms with Gasteiger partial charge in [0.15, 0.2) is 22.4 Å². The normalized spacial score (nSPS) is 32.2. The van der Waals surface area contributed by atoms with Crippen molar-refractivity contribution in [2.45, 2.75) is 232 Å². The quantitative estimate of drug-likeness (QED) is 0.117. The van der Waals surface area contributed by atoms with Crippen LogP contribution in [0.1, 0.15) is 171 Å². The molecule has 0 amide bonds. The van der Waals surface area contributed by atoms with Crippen molar-refractivity contribution in [3.8, 4) is 0 Å². The molecule has 56 heavy (non-hydrogen) atoms. The average molecular weight is 813 g/mol. The van der Waals surface area contributed by atoms with Crippen molar-refractivity contribution in [3.05, 3.63) is 35.5 Å². The maximum atomic E-state index is 11.9. The fourth-order valence-electron chi connectivity index (χ4n) is 11.0. The van der Waals surface area contributed by atoms with Crippen molar-refractivity contribution >= 4 is 16.6 Å². The number of aliphatic hydroxyl groups excluding tert-OH is 1. The molecule has 5 fully saturated rings. The predicted octanol–water partition coefficient (Wildman–Crippen LogP) is 13.8. The summed E-state index contributed by atoms with van der Waals surface area (Å²) >= 11 is 0. The first kappa shape index (κ1) is 46.5. The van der Waals surface area contributed by atoms with Crippen LogP contribution >= 0.6 is 0 Å². The van der Waals surface area contributed by atoms with Crippen molar-refractivity contribution in [1.29, 1.82) is 0 Å². The second-order valence-corrected chi connectivity index (χ2v) is 32.2. The van der Waals surface area contributed by atoms with Crippen molar-refractivity contribution < 1.29 is 23.4 Å². The molecule has 5 nitrogen and oxygen atoms in total. The van der Waals surface area contributed by atoms with Crippen molar-refractivity contribution in [3.63, 3.8) is 0 Å². The lowest BCUT2D eigenvalue weighted by atomic mass is 9.60. The highest BCUT2D eigenvalue weighted by atomic mass is 28.4. The Bertz CT molecular complexity index is 1390. The molecule has 1 heterocycles. The van der Waals surface area contributed by atoms with Crippen LogP contribution in [0, 0.1) is 28.6 Å². The smallest absolute Gasteiger partial charge is 0.192 e. The maximum Gasteiger partial charge on any atom is 0.192 e. The van der Waals surface area contributed by atoms with Crippen LogP contribution in [0.3, 0.4) is 0 Å². The number of hydrogen-bond acceptors (Lipinski definition) is 5. The van der Waals surface area contributed by atoms with Gasteiger partial charge in [0.05, 0.1) is 31.5 Å². The van der Waals surface area contributed by atoms with E-state index < -0.39 is 22.4 Å². The highest BCUT2D eigenvalue weighted by Gasteiger charge is 2.62. The molecule has 1 saturated heterocycles. The molecule has 4 saturated carbocycles. The molecule has 0 spiro atoms. The lowest BCUT2D eigenvalue weighted by Gasteiger charge is -2.46. The Morgan fingerprint density at radius 1 is 0.875 bits per heavy atom. The van der Waals surface area contributed by atoms with Crippen LogP contribution < -0.4 is 0 Å². The Hall–Kier alpha value is -0.546. The van der Waals surface area contributed by atoms with E-state index in [0.29, 0.717) is 25.0 Å². The summed E-state index contributed by atoms with van der Waals surface area (Å²) in [6.07, 6.45) is 24.3. The van der Waals surface area contributed by atoms with Crippen LogP contribution in [0.4, 0.5) is 0 Å². The second kappa shape index (κ2) is 17.8. The zero-order valence-corrected chi connectivity index (χ0v) is 40.8. The number of allylic oxidation sites excluding steroid dienone is 3. The van der Waals surface area contributed by atoms with E-state index in [9.17, 15) is 5.11 Å². The first-order chi connectivity index (χ1) is 26.0. The van der Waals surface area contributed by atoms with E-state index >= 15 is 0 Å². The molecule has 0 aromatic rings. The van der Waals surface area contributed by atoms with Crippen LogP contribution in [0.5, 0.6) is 0 Å². The molecule has 5 aliphatic rings. The molecule has 1 aliphatic heterocycles. The fourth-order valence-corrected chi connectivity index (χ4v) is 13.6. The van der Waals surface area contributed by atoms with Gasteiger partial charge in [-0.05, 0) is 141 Å². The summed E-state index contributed by atoms with van der Waals surface area (Å²) in [4.78, 5) is 0. The van der Waals surface area contributed by atoms with Crippen molar-refractivity contribution in [1.82, 2.24) is 0 Å². The minimum atomic E-state index is -2.01. The number of ether oxygens (including phenoxy) is 2. The van der Waals surface area contributed by atoms with Gasteiger partial charge in [-0.15, -0.1) is 0 Å². The SMILES string of the molecule is C=C1/C(=C\C=C2/CCC[C@]3(C)[C@@H]([C@H](C)[C@@H](O)CCC4(C5(CCCCCCC)OCCO5)CC4)CC[C@@H]23)C[C@@H](O[Si](C)(C)C(C)(C)C)C[C@@H]1O[Si](C)(C)C(C)(C)C. The summed E-state index contributed by atoms with van der Waals surface area (Å²) in [5.41, 5.74) is 4.43. The minimum Gasteiger partial charge on any atom is -0.413 e. The van der Waals surface area contributed by atoms with Gasteiger partial charge < -0.3 is 23.4 Å². The van der Waals surface area contributed by atoms with E-state index in [2.05, 4.69) is 101 Å². The average Bonchev–Trinajstić information content (AvgIpc) is 3.59. The van der Waals surface area contributed by atoms with Crippen LogP contribution in [0.25, 0.3) is 0 Å². The van der Waals surface area contributed by atoms with Crippen LogP contribution in [0.15, 0.2) is 35.5 Å². The monoisotopic (exact) mass is 813 g/mol. The Morgan fingerprint density at radius 3 is 2.11 bits per heavy atom. The number of hydrogen-bond donors (Lipinski definition) is 1. The summed E-state index contributed by atoms with van der Waals surface area (Å²) in [6.45, 7) is 36.9. The standard InChI is InChI=1S/C49H88O5Si2/c1-15-16-17-18-19-28-49(51-32-33-52-49)48(30-31-48)29-26-43(50)37(3)41-24-25-42-38(21-20-27-47(41,42)10)22-23-39-34-40(53-55(11,12)45(4,5)6)35-44(36(39)2)54-56(13,14)46(7,8)9/h22-23,37,40-44,50H,2,15-21,24-35H2,1,3-14H3/b38-22+,39-23-/t37-,40+,41+,42-,43-,44-,47+/m0/s1. The Labute approximate surface area is 347 Å². The van der Waals surface area contributed by atoms with Gasteiger partial charge >= 0.3 is 0 Å². The zero-order valence-electron chi connectivity index (χ0n) is 38.8. The Kier molecular flexibility index (Phi) is 14.8.